The number of carbonyl (C=O) groups excluding carboxylic acids is 1. The summed E-state index contributed by atoms with van der Waals surface area (Å²) in [5.74, 6) is -0.435. The second-order valence-corrected chi connectivity index (χ2v) is 12.9. The lowest BCUT2D eigenvalue weighted by atomic mass is 9.99. The van der Waals surface area contributed by atoms with Gasteiger partial charge in [-0.25, -0.2) is 22.2 Å². The van der Waals surface area contributed by atoms with E-state index in [1.54, 1.807) is 60.9 Å². The molecule has 0 radical (unpaired) electrons. The van der Waals surface area contributed by atoms with Gasteiger partial charge in [0.2, 0.25) is 0 Å². The quantitative estimate of drug-likeness (QED) is 0.231. The first-order valence-corrected chi connectivity index (χ1v) is 15.7. The van der Waals surface area contributed by atoms with Crippen LogP contribution in [0.15, 0.2) is 90.1 Å². The van der Waals surface area contributed by atoms with Crippen molar-refractivity contribution in [3.63, 3.8) is 0 Å². The van der Waals surface area contributed by atoms with E-state index in [0.29, 0.717) is 22.2 Å². The van der Waals surface area contributed by atoms with Gasteiger partial charge in [0.1, 0.15) is 0 Å². The number of esters is 1. The zero-order valence-electron chi connectivity index (χ0n) is 24.7. The number of aryl methyl sites for hydroxylation is 2. The summed E-state index contributed by atoms with van der Waals surface area (Å²) in [5, 5.41) is 0.694. The maximum Gasteiger partial charge on any atom is 0.337 e. The molecule has 1 saturated heterocycles. The number of anilines is 1. The minimum absolute atomic E-state index is 0.184. The Balaban J connectivity index is 1.46. The van der Waals surface area contributed by atoms with Crippen molar-refractivity contribution >= 4 is 32.7 Å². The summed E-state index contributed by atoms with van der Waals surface area (Å²) in [6, 6.07) is 22.2. The fraction of sp³-hybridized carbons (Fsp3) is 0.235. The molecule has 1 aliphatic heterocycles. The third kappa shape index (κ3) is 5.42. The predicted molar refractivity (Wildman–Crippen MR) is 170 cm³/mol. The van der Waals surface area contributed by atoms with Crippen LogP contribution in [0.2, 0.25) is 0 Å². The van der Waals surface area contributed by atoms with E-state index in [0.717, 1.165) is 48.4 Å². The molecule has 0 amide bonds. The Kier molecular flexibility index (Phi) is 7.54. The summed E-state index contributed by atoms with van der Waals surface area (Å²) in [6.45, 7) is 8.10. The Bertz CT molecular complexity index is 1920. The number of hydrogen-bond donors (Lipinski definition) is 0. The molecule has 0 bridgehead atoms. The molecule has 220 valence electrons. The lowest BCUT2D eigenvalue weighted by Crippen LogP contribution is -2.44. The maximum absolute atomic E-state index is 13.8. The second-order valence-electron chi connectivity index (χ2n) is 11.1. The third-order valence-corrected chi connectivity index (χ3v) is 9.84. The van der Waals surface area contributed by atoms with Gasteiger partial charge in [0, 0.05) is 60.8 Å². The van der Waals surface area contributed by atoms with Crippen molar-refractivity contribution in [1.82, 2.24) is 13.9 Å². The van der Waals surface area contributed by atoms with Crippen LogP contribution in [0.25, 0.3) is 33.3 Å². The molecule has 8 nitrogen and oxygen atoms in total. The standard InChI is InChI=1S/C34H34N4O4S/c1-23-5-12-29(13-6-23)43(40,41)38-22-31(25-7-9-26(10-8-25)34(39)42-4)30-20-28(21-35-33(30)38)27-11-14-32(24(2)19-27)37-17-15-36(3)16-18-37/h5-14,19-22H,15-18H2,1-4H3. The molecule has 0 unspecified atom stereocenters. The van der Waals surface area contributed by atoms with Crippen molar-refractivity contribution in [3.8, 4) is 22.3 Å². The molecule has 0 N–H and O–H groups in total. The van der Waals surface area contributed by atoms with Gasteiger partial charge in [0.25, 0.3) is 10.0 Å². The highest BCUT2D eigenvalue weighted by atomic mass is 32.2. The lowest BCUT2D eigenvalue weighted by Gasteiger charge is -2.35. The highest BCUT2D eigenvalue weighted by Gasteiger charge is 2.24. The number of piperazine rings is 1. The monoisotopic (exact) mass is 594 g/mol. The van der Waals surface area contributed by atoms with Crippen molar-refractivity contribution in [2.45, 2.75) is 18.7 Å². The molecule has 0 spiro atoms. The van der Waals surface area contributed by atoms with Crippen LogP contribution in [-0.4, -0.2) is 68.6 Å². The minimum atomic E-state index is -3.93. The number of ether oxygens (including phenoxy) is 1. The molecule has 2 aromatic heterocycles. The fourth-order valence-electron chi connectivity index (χ4n) is 5.62. The van der Waals surface area contributed by atoms with Crippen molar-refractivity contribution < 1.29 is 17.9 Å². The van der Waals surface area contributed by atoms with Crippen molar-refractivity contribution in [1.29, 1.82) is 0 Å². The number of likely N-dealkylation sites (N-methyl/N-ethyl adjacent to an activating group) is 1. The Morgan fingerprint density at radius 3 is 2.16 bits per heavy atom. The molecular weight excluding hydrogens is 560 g/mol. The largest absolute Gasteiger partial charge is 0.465 e. The number of carbonyl (C=O) groups is 1. The smallest absolute Gasteiger partial charge is 0.337 e. The van der Waals surface area contributed by atoms with Gasteiger partial charge in [-0.3, -0.25) is 0 Å². The molecule has 0 saturated carbocycles. The Labute approximate surface area is 252 Å². The van der Waals surface area contributed by atoms with Gasteiger partial charge in [0.15, 0.2) is 5.65 Å². The Morgan fingerprint density at radius 2 is 1.51 bits per heavy atom. The number of fused-ring (bicyclic) bond motifs is 1. The van der Waals surface area contributed by atoms with Crippen LogP contribution in [-0.2, 0) is 14.8 Å². The van der Waals surface area contributed by atoms with Gasteiger partial charge in [-0.15, -0.1) is 0 Å². The number of pyridine rings is 1. The average molecular weight is 595 g/mol. The van der Waals surface area contributed by atoms with Crippen LogP contribution < -0.4 is 4.90 Å². The number of aromatic nitrogens is 2. The molecular formula is C34H34N4O4S. The Morgan fingerprint density at radius 1 is 0.837 bits per heavy atom. The maximum atomic E-state index is 13.8. The van der Waals surface area contributed by atoms with Gasteiger partial charge < -0.3 is 14.5 Å². The highest BCUT2D eigenvalue weighted by Crippen LogP contribution is 2.36. The molecule has 1 fully saturated rings. The summed E-state index contributed by atoms with van der Waals surface area (Å²) in [7, 11) is -0.440. The van der Waals surface area contributed by atoms with E-state index in [2.05, 4.69) is 42.0 Å². The molecule has 3 heterocycles. The molecule has 5 aromatic rings. The van der Waals surface area contributed by atoms with E-state index in [1.165, 1.54) is 22.3 Å². The van der Waals surface area contributed by atoms with Gasteiger partial charge in [-0.2, -0.15) is 0 Å². The minimum Gasteiger partial charge on any atom is -0.465 e. The average Bonchev–Trinajstić information content (AvgIpc) is 3.41. The third-order valence-electron chi connectivity index (χ3n) is 8.18. The molecule has 0 atom stereocenters. The normalized spacial score (nSPS) is 14.3. The zero-order chi connectivity index (χ0) is 30.3. The lowest BCUT2D eigenvalue weighted by molar-refractivity contribution is 0.0600. The number of methoxy groups -OCH3 is 1. The van der Waals surface area contributed by atoms with Gasteiger partial charge in [0.05, 0.1) is 17.6 Å². The van der Waals surface area contributed by atoms with E-state index < -0.39 is 16.0 Å². The zero-order valence-corrected chi connectivity index (χ0v) is 25.6. The fourth-order valence-corrected chi connectivity index (χ4v) is 6.94. The van der Waals surface area contributed by atoms with Crippen LogP contribution >= 0.6 is 0 Å². The Hall–Kier alpha value is -4.47. The summed E-state index contributed by atoms with van der Waals surface area (Å²) in [5.41, 5.74) is 7.48. The molecule has 6 rings (SSSR count). The number of rotatable bonds is 6. The second kappa shape index (κ2) is 11.3. The molecule has 0 aliphatic carbocycles. The molecule has 1 aliphatic rings. The van der Waals surface area contributed by atoms with E-state index in [4.69, 9.17) is 9.72 Å². The molecule has 9 heteroatoms. The SMILES string of the molecule is COC(=O)c1ccc(-c2cn(S(=O)(=O)c3ccc(C)cc3)c3ncc(-c4ccc(N5CCN(C)CC5)c(C)c4)cc23)cc1. The van der Waals surface area contributed by atoms with E-state index in [-0.39, 0.29) is 4.90 Å². The van der Waals surface area contributed by atoms with Crippen LogP contribution in [0.4, 0.5) is 5.69 Å². The predicted octanol–water partition coefficient (Wildman–Crippen LogP) is 5.76. The topological polar surface area (TPSA) is 84.7 Å². The van der Waals surface area contributed by atoms with Crippen LogP contribution in [0.3, 0.4) is 0 Å². The van der Waals surface area contributed by atoms with E-state index in [9.17, 15) is 13.2 Å². The van der Waals surface area contributed by atoms with E-state index >= 15 is 0 Å². The van der Waals surface area contributed by atoms with Crippen molar-refractivity contribution in [3.05, 3.63) is 102 Å². The summed E-state index contributed by atoms with van der Waals surface area (Å²) in [4.78, 5) is 21.7. The first-order chi connectivity index (χ1) is 20.7. The van der Waals surface area contributed by atoms with Crippen LogP contribution in [0, 0.1) is 13.8 Å². The van der Waals surface area contributed by atoms with Crippen LogP contribution in [0.1, 0.15) is 21.5 Å². The summed E-state index contributed by atoms with van der Waals surface area (Å²) in [6.07, 6.45) is 3.35. The first kappa shape index (κ1) is 28.6. The summed E-state index contributed by atoms with van der Waals surface area (Å²) >= 11 is 0. The number of nitrogens with zero attached hydrogens (tertiary/aromatic N) is 4. The molecule has 3 aromatic carbocycles. The van der Waals surface area contributed by atoms with Gasteiger partial charge in [-0.05, 0) is 80.1 Å². The van der Waals surface area contributed by atoms with Gasteiger partial charge in [-0.1, -0.05) is 35.9 Å². The number of benzene rings is 3. The van der Waals surface area contributed by atoms with Gasteiger partial charge >= 0.3 is 5.97 Å². The van der Waals surface area contributed by atoms with Crippen molar-refractivity contribution in [2.24, 2.45) is 0 Å². The van der Waals surface area contributed by atoms with Crippen LogP contribution in [0.5, 0.6) is 0 Å². The highest BCUT2D eigenvalue weighted by molar-refractivity contribution is 7.90. The van der Waals surface area contributed by atoms with Crippen molar-refractivity contribution in [2.75, 3.05) is 45.2 Å². The van der Waals surface area contributed by atoms with E-state index in [1.807, 2.05) is 13.0 Å². The first-order valence-electron chi connectivity index (χ1n) is 14.2. The number of hydrogen-bond acceptors (Lipinski definition) is 7. The molecule has 43 heavy (non-hydrogen) atoms. The summed E-state index contributed by atoms with van der Waals surface area (Å²) < 4.78 is 33.8.